The van der Waals surface area contributed by atoms with E-state index in [4.69, 9.17) is 21.7 Å². The number of amides is 4. The highest BCUT2D eigenvalue weighted by molar-refractivity contribution is 5.95. The van der Waals surface area contributed by atoms with Crippen molar-refractivity contribution in [3.8, 4) is 0 Å². The van der Waals surface area contributed by atoms with Crippen LogP contribution in [0.3, 0.4) is 0 Å². The van der Waals surface area contributed by atoms with Crippen LogP contribution in [0, 0.1) is 5.92 Å². The molecule has 0 aromatic rings. The predicted molar refractivity (Wildman–Crippen MR) is 88.2 cm³/mol. The van der Waals surface area contributed by atoms with E-state index in [9.17, 15) is 24.0 Å². The summed E-state index contributed by atoms with van der Waals surface area (Å²) in [6, 6.07) is -4.06. The van der Waals surface area contributed by atoms with Gasteiger partial charge in [-0.1, -0.05) is 13.8 Å². The van der Waals surface area contributed by atoms with Gasteiger partial charge in [-0.05, 0) is 5.92 Å². The molecule has 0 aromatic carbocycles. The average Bonchev–Trinajstić information content (AvgIpc) is 2.55. The van der Waals surface area contributed by atoms with E-state index in [2.05, 4.69) is 16.0 Å². The van der Waals surface area contributed by atoms with Crippen molar-refractivity contribution < 1.29 is 34.2 Å². The summed E-state index contributed by atoms with van der Waals surface area (Å²) in [6.07, 6.45) is -0.515. The van der Waals surface area contributed by atoms with Gasteiger partial charge in [0.25, 0.3) is 0 Å². The number of carboxylic acid groups (broad SMARTS) is 1. The van der Waals surface area contributed by atoms with Crippen LogP contribution in [0.5, 0.6) is 0 Å². The Morgan fingerprint density at radius 1 is 0.962 bits per heavy atom. The van der Waals surface area contributed by atoms with Gasteiger partial charge in [-0.3, -0.25) is 19.2 Å². The molecule has 0 bridgehead atoms. The molecule has 0 radical (unpaired) electrons. The Bertz CT molecular complexity index is 552. The monoisotopic (exact) mass is 375 g/mol. The number of carbonyl (C=O) groups excluding carboxylic acids is 4. The number of carboxylic acids is 1. The van der Waals surface area contributed by atoms with E-state index in [1.165, 1.54) is 0 Å². The van der Waals surface area contributed by atoms with Crippen molar-refractivity contribution in [2.75, 3.05) is 13.2 Å². The summed E-state index contributed by atoms with van der Waals surface area (Å²) < 4.78 is 0. The van der Waals surface area contributed by atoms with Crippen LogP contribution in [0.15, 0.2) is 0 Å². The summed E-state index contributed by atoms with van der Waals surface area (Å²) in [4.78, 5) is 57.9. The zero-order valence-corrected chi connectivity index (χ0v) is 14.5. The second-order valence-electron chi connectivity index (χ2n) is 5.81. The summed E-state index contributed by atoms with van der Waals surface area (Å²) in [5, 5.41) is 24.5. The molecule has 0 spiro atoms. The fraction of sp³-hybridized carbons (Fsp3) is 0.643. The first-order chi connectivity index (χ1) is 12.0. The van der Waals surface area contributed by atoms with Crippen molar-refractivity contribution in [2.24, 2.45) is 17.4 Å². The minimum absolute atomic E-state index is 0.423. The van der Waals surface area contributed by atoms with Crippen LogP contribution < -0.4 is 27.4 Å². The fourth-order valence-corrected chi connectivity index (χ4v) is 1.90. The number of nitrogens with two attached hydrogens (primary N) is 2. The van der Waals surface area contributed by atoms with Crippen LogP contribution in [-0.4, -0.2) is 71.1 Å². The molecule has 0 saturated heterocycles. The van der Waals surface area contributed by atoms with Crippen molar-refractivity contribution in [3.05, 3.63) is 0 Å². The number of rotatable bonds is 11. The number of hydrogen-bond acceptors (Lipinski definition) is 7. The van der Waals surface area contributed by atoms with Crippen molar-refractivity contribution >= 4 is 29.6 Å². The maximum atomic E-state index is 12.3. The molecule has 4 amide bonds. The molecule has 148 valence electrons. The highest BCUT2D eigenvalue weighted by Gasteiger charge is 2.31. The van der Waals surface area contributed by atoms with E-state index in [1.807, 2.05) is 0 Å². The first-order valence-electron chi connectivity index (χ1n) is 7.75. The first-order valence-corrected chi connectivity index (χ1v) is 7.75. The molecule has 0 aliphatic heterocycles. The van der Waals surface area contributed by atoms with Gasteiger partial charge in [0.1, 0.15) is 18.1 Å². The standard InChI is InChI=1S/C14H25N5O7/c1-6(2)11(13(24)18-8(5-20)14(25)26)19-12(23)7(3-9(16)21)17-10(22)4-15/h6-8,11,20H,3-5,15H2,1-2H3,(H2,16,21)(H,17,22)(H,18,24)(H,19,23)(H,25,26). The normalized spacial score (nSPS) is 14.0. The molecule has 0 aliphatic rings. The largest absolute Gasteiger partial charge is 0.480 e. The van der Waals surface area contributed by atoms with Crippen LogP contribution in [0.25, 0.3) is 0 Å². The number of carbonyl (C=O) groups is 5. The second kappa shape index (κ2) is 11.0. The molecule has 3 atom stereocenters. The van der Waals surface area contributed by atoms with Crippen LogP contribution in [0.2, 0.25) is 0 Å². The highest BCUT2D eigenvalue weighted by Crippen LogP contribution is 2.04. The van der Waals surface area contributed by atoms with Gasteiger partial charge in [0.05, 0.1) is 19.6 Å². The van der Waals surface area contributed by atoms with Crippen LogP contribution in [0.1, 0.15) is 20.3 Å². The number of primary amides is 1. The molecule has 9 N–H and O–H groups in total. The van der Waals surface area contributed by atoms with E-state index in [1.54, 1.807) is 13.8 Å². The molecule has 0 fully saturated rings. The molecule has 0 aromatic heterocycles. The summed E-state index contributed by atoms with van der Waals surface area (Å²) in [5.74, 6) is -5.20. The molecule has 0 aliphatic carbocycles. The smallest absolute Gasteiger partial charge is 0.328 e. The summed E-state index contributed by atoms with van der Waals surface area (Å²) in [6.45, 7) is 1.91. The third kappa shape index (κ3) is 7.90. The lowest BCUT2D eigenvalue weighted by Gasteiger charge is -2.25. The van der Waals surface area contributed by atoms with Gasteiger partial charge in [0.15, 0.2) is 0 Å². The topological polar surface area (TPSA) is 214 Å². The van der Waals surface area contributed by atoms with Gasteiger partial charge in [0, 0.05) is 0 Å². The van der Waals surface area contributed by atoms with Crippen molar-refractivity contribution in [2.45, 2.75) is 38.4 Å². The zero-order chi connectivity index (χ0) is 20.4. The number of nitrogens with one attached hydrogen (secondary N) is 3. The number of aliphatic carboxylic acids is 1. The maximum Gasteiger partial charge on any atom is 0.328 e. The summed E-state index contributed by atoms with van der Waals surface area (Å²) >= 11 is 0. The molecule has 3 unspecified atom stereocenters. The van der Waals surface area contributed by atoms with Crippen LogP contribution in [0.4, 0.5) is 0 Å². The van der Waals surface area contributed by atoms with Crippen LogP contribution >= 0.6 is 0 Å². The SMILES string of the molecule is CC(C)C(NC(=O)C(CC(N)=O)NC(=O)CN)C(=O)NC(CO)C(=O)O. The minimum atomic E-state index is -1.54. The van der Waals surface area contributed by atoms with Gasteiger partial charge in [0.2, 0.25) is 23.6 Å². The van der Waals surface area contributed by atoms with Gasteiger partial charge in [-0.15, -0.1) is 0 Å². The quantitative estimate of drug-likeness (QED) is 0.188. The lowest BCUT2D eigenvalue weighted by molar-refractivity contribution is -0.143. The molecule has 12 heteroatoms. The Kier molecular flexibility index (Phi) is 9.84. The lowest BCUT2D eigenvalue weighted by Crippen LogP contribution is -2.58. The van der Waals surface area contributed by atoms with Crippen LogP contribution in [-0.2, 0) is 24.0 Å². The van der Waals surface area contributed by atoms with Gasteiger partial charge in [-0.25, -0.2) is 4.79 Å². The third-order valence-corrected chi connectivity index (χ3v) is 3.29. The number of hydrogen-bond donors (Lipinski definition) is 7. The molecule has 0 rings (SSSR count). The van der Waals surface area contributed by atoms with Crippen molar-refractivity contribution in [1.29, 1.82) is 0 Å². The van der Waals surface area contributed by atoms with Gasteiger partial charge < -0.3 is 37.6 Å². The lowest BCUT2D eigenvalue weighted by atomic mass is 10.0. The van der Waals surface area contributed by atoms with E-state index in [0.717, 1.165) is 0 Å². The van der Waals surface area contributed by atoms with Gasteiger partial charge in [-0.2, -0.15) is 0 Å². The predicted octanol–water partition coefficient (Wildman–Crippen LogP) is -3.99. The Balaban J connectivity index is 5.21. The Labute approximate surface area is 149 Å². The molecular formula is C14H25N5O7. The second-order valence-corrected chi connectivity index (χ2v) is 5.81. The Morgan fingerprint density at radius 2 is 1.54 bits per heavy atom. The van der Waals surface area contributed by atoms with E-state index in [0.29, 0.717) is 0 Å². The summed E-state index contributed by atoms with van der Waals surface area (Å²) in [7, 11) is 0. The fourth-order valence-electron chi connectivity index (χ4n) is 1.90. The van der Waals surface area contributed by atoms with E-state index >= 15 is 0 Å². The van der Waals surface area contributed by atoms with E-state index in [-0.39, 0.29) is 0 Å². The third-order valence-electron chi connectivity index (χ3n) is 3.29. The molecule has 26 heavy (non-hydrogen) atoms. The Hall–Kier alpha value is -2.73. The average molecular weight is 375 g/mol. The highest BCUT2D eigenvalue weighted by atomic mass is 16.4. The Morgan fingerprint density at radius 3 is 1.92 bits per heavy atom. The number of aliphatic hydroxyl groups is 1. The maximum absolute atomic E-state index is 12.3. The zero-order valence-electron chi connectivity index (χ0n) is 14.5. The molecule has 0 saturated carbocycles. The van der Waals surface area contributed by atoms with Crippen molar-refractivity contribution in [1.82, 2.24) is 16.0 Å². The van der Waals surface area contributed by atoms with E-state index < -0.39 is 73.2 Å². The molecule has 0 heterocycles. The molecule has 12 nitrogen and oxygen atoms in total. The van der Waals surface area contributed by atoms with Crippen molar-refractivity contribution in [3.63, 3.8) is 0 Å². The van der Waals surface area contributed by atoms with Gasteiger partial charge >= 0.3 is 5.97 Å². The minimum Gasteiger partial charge on any atom is -0.480 e. The first kappa shape index (κ1) is 23.3. The molecular weight excluding hydrogens is 350 g/mol. The summed E-state index contributed by atoms with van der Waals surface area (Å²) in [5.41, 5.74) is 10.2. The number of aliphatic hydroxyl groups excluding tert-OH is 1.